The van der Waals surface area contributed by atoms with E-state index in [2.05, 4.69) is 19.9 Å². The predicted octanol–water partition coefficient (Wildman–Crippen LogP) is 3.03. The average molecular weight is 338 g/mol. The van der Waals surface area contributed by atoms with Crippen LogP contribution >= 0.6 is 24.0 Å². The molecule has 0 aromatic carbocycles. The molecule has 2 heterocycles. The van der Waals surface area contributed by atoms with Crippen molar-refractivity contribution in [2.45, 2.75) is 32.9 Å². The van der Waals surface area contributed by atoms with Crippen molar-refractivity contribution in [1.82, 2.24) is 19.9 Å². The minimum Gasteiger partial charge on any atom is -0.481 e. The van der Waals surface area contributed by atoms with Crippen LogP contribution in [0.15, 0.2) is 17.3 Å². The summed E-state index contributed by atoms with van der Waals surface area (Å²) in [4.78, 5) is 25.4. The first-order valence-electron chi connectivity index (χ1n) is 6.47. The number of H-pyrrole nitrogens is 1. The second-order valence-electron chi connectivity index (χ2n) is 4.63. The minimum absolute atomic E-state index is 0.00287. The van der Waals surface area contributed by atoms with Crippen LogP contribution in [0, 0.1) is 32.5 Å². The molecule has 0 atom stereocenters. The van der Waals surface area contributed by atoms with Gasteiger partial charge in [-0.2, -0.15) is 0 Å². The Morgan fingerprint density at radius 2 is 1.68 bits per heavy atom. The summed E-state index contributed by atoms with van der Waals surface area (Å²) >= 11 is 5.96. The Labute approximate surface area is 138 Å². The smallest absolute Gasteiger partial charge is 0.313 e. The third kappa shape index (κ3) is 7.28. The van der Waals surface area contributed by atoms with E-state index < -0.39 is 5.97 Å². The summed E-state index contributed by atoms with van der Waals surface area (Å²) < 4.78 is 0.563. The fourth-order valence-corrected chi connectivity index (χ4v) is 2.60. The van der Waals surface area contributed by atoms with Gasteiger partial charge in [-0.05, 0) is 52.0 Å². The molecule has 2 aromatic heterocycles. The number of aromatic nitrogens is 4. The summed E-state index contributed by atoms with van der Waals surface area (Å²) in [5.41, 5.74) is 3.75. The van der Waals surface area contributed by atoms with Gasteiger partial charge in [0.25, 0.3) is 0 Å². The van der Waals surface area contributed by atoms with E-state index in [1.54, 1.807) is 0 Å². The number of aliphatic carboxylic acids is 1. The molecule has 2 aromatic rings. The van der Waals surface area contributed by atoms with Gasteiger partial charge in [0.05, 0.1) is 5.75 Å². The van der Waals surface area contributed by atoms with Gasteiger partial charge in [0, 0.05) is 22.8 Å². The maximum atomic E-state index is 10.3. The van der Waals surface area contributed by atoms with Crippen molar-refractivity contribution in [1.29, 1.82) is 0 Å². The molecule has 0 fully saturated rings. The molecule has 22 heavy (non-hydrogen) atoms. The van der Waals surface area contributed by atoms with Crippen molar-refractivity contribution in [3.05, 3.63) is 39.7 Å². The highest BCUT2D eigenvalue weighted by molar-refractivity contribution is 7.99. The fourth-order valence-electron chi connectivity index (χ4n) is 1.62. The second-order valence-corrected chi connectivity index (χ2v) is 5.96. The van der Waals surface area contributed by atoms with Crippen LogP contribution in [0.4, 0.5) is 0 Å². The molecule has 0 spiro atoms. The maximum absolute atomic E-state index is 10.3. The number of nitrogens with zero attached hydrogens (tertiary/aromatic N) is 3. The van der Waals surface area contributed by atoms with Crippen molar-refractivity contribution in [2.24, 2.45) is 0 Å². The summed E-state index contributed by atoms with van der Waals surface area (Å²) in [6, 6.07) is 3.81. The van der Waals surface area contributed by atoms with Crippen molar-refractivity contribution in [3.63, 3.8) is 0 Å². The highest BCUT2D eigenvalue weighted by atomic mass is 32.2. The molecular weight excluding hydrogens is 320 g/mol. The largest absolute Gasteiger partial charge is 0.481 e. The molecule has 0 saturated heterocycles. The average Bonchev–Trinajstić information content (AvgIpc) is 2.34. The first-order valence-corrected chi connectivity index (χ1v) is 7.87. The summed E-state index contributed by atoms with van der Waals surface area (Å²) in [5, 5.41) is 8.96. The third-order valence-corrected chi connectivity index (χ3v) is 3.32. The molecule has 0 aliphatic carbocycles. The maximum Gasteiger partial charge on any atom is 0.313 e. The number of aryl methyl sites for hydroxylation is 4. The van der Waals surface area contributed by atoms with Crippen LogP contribution in [-0.4, -0.2) is 36.8 Å². The molecule has 0 aliphatic rings. The standard InChI is InChI=1S/C8H10N2O2S.C6H8N2S/c1-5-3-6(2)10-8(9-5)13-4-7(11)12;1-4-3-5(2)8-6(9)7-4/h3H,4H2,1-2H3,(H,11,12);3H,1-2H3,(H,7,8,9). The Balaban J connectivity index is 0.000000235. The van der Waals surface area contributed by atoms with E-state index in [1.165, 1.54) is 0 Å². The molecule has 0 unspecified atom stereocenters. The second kappa shape index (κ2) is 8.60. The Kier molecular flexibility index (Phi) is 7.13. The number of rotatable bonds is 3. The molecule has 8 heteroatoms. The molecule has 0 radical (unpaired) electrons. The molecule has 6 nitrogen and oxygen atoms in total. The molecule has 0 aliphatic heterocycles. The Morgan fingerprint density at radius 3 is 2.14 bits per heavy atom. The number of thioether (sulfide) groups is 1. The monoisotopic (exact) mass is 338 g/mol. The molecule has 0 bridgehead atoms. The van der Waals surface area contributed by atoms with Gasteiger partial charge >= 0.3 is 5.97 Å². The number of hydrogen-bond donors (Lipinski definition) is 2. The molecule has 2 rings (SSSR count). The lowest BCUT2D eigenvalue weighted by Crippen LogP contribution is -2.00. The van der Waals surface area contributed by atoms with Gasteiger partial charge in [-0.25, -0.2) is 15.0 Å². The van der Waals surface area contributed by atoms with Crippen molar-refractivity contribution >= 4 is 29.9 Å². The SMILES string of the molecule is Cc1cc(C)[nH]c(=S)n1.Cc1cc(C)nc(SCC(=O)O)n1. The predicted molar refractivity (Wildman–Crippen MR) is 88.8 cm³/mol. The number of aromatic amines is 1. The number of carboxylic acid groups (broad SMARTS) is 1. The van der Waals surface area contributed by atoms with E-state index in [0.29, 0.717) is 9.93 Å². The van der Waals surface area contributed by atoms with Gasteiger partial charge in [-0.1, -0.05) is 11.8 Å². The van der Waals surface area contributed by atoms with E-state index in [4.69, 9.17) is 17.3 Å². The van der Waals surface area contributed by atoms with Crippen LogP contribution in [-0.2, 0) is 4.79 Å². The molecule has 118 valence electrons. The van der Waals surface area contributed by atoms with Crippen LogP contribution in [0.25, 0.3) is 0 Å². The zero-order valence-electron chi connectivity index (χ0n) is 12.9. The zero-order chi connectivity index (χ0) is 16.7. The number of hydrogen-bond acceptors (Lipinski definition) is 6. The summed E-state index contributed by atoms with van der Waals surface area (Å²) in [7, 11) is 0. The molecule has 0 amide bonds. The van der Waals surface area contributed by atoms with E-state index in [1.807, 2.05) is 39.8 Å². The van der Waals surface area contributed by atoms with Crippen LogP contribution < -0.4 is 0 Å². The summed E-state index contributed by atoms with van der Waals surface area (Å²) in [6.07, 6.45) is 0. The number of nitrogens with one attached hydrogen (secondary N) is 1. The fraction of sp³-hybridized carbons (Fsp3) is 0.357. The van der Waals surface area contributed by atoms with Crippen molar-refractivity contribution in [3.8, 4) is 0 Å². The quantitative estimate of drug-likeness (QED) is 0.505. The van der Waals surface area contributed by atoms with Gasteiger partial charge in [-0.3, -0.25) is 4.79 Å². The summed E-state index contributed by atoms with van der Waals surface area (Å²) in [5.74, 6) is -0.851. The van der Waals surface area contributed by atoms with E-state index >= 15 is 0 Å². The van der Waals surface area contributed by atoms with Gasteiger partial charge in [0.15, 0.2) is 9.93 Å². The van der Waals surface area contributed by atoms with Gasteiger partial charge in [-0.15, -0.1) is 0 Å². The number of carbonyl (C=O) groups is 1. The lowest BCUT2D eigenvalue weighted by molar-refractivity contribution is -0.133. The Hall–Kier alpha value is -1.80. The van der Waals surface area contributed by atoms with E-state index in [0.717, 1.165) is 34.5 Å². The van der Waals surface area contributed by atoms with Crippen LogP contribution in [0.5, 0.6) is 0 Å². The minimum atomic E-state index is -0.854. The van der Waals surface area contributed by atoms with E-state index in [-0.39, 0.29) is 5.75 Å². The van der Waals surface area contributed by atoms with Crippen molar-refractivity contribution in [2.75, 3.05) is 5.75 Å². The van der Waals surface area contributed by atoms with Gasteiger partial charge in [0.1, 0.15) is 0 Å². The lowest BCUT2D eigenvalue weighted by atomic mass is 10.4. The highest BCUT2D eigenvalue weighted by Crippen LogP contribution is 2.13. The number of carboxylic acids is 1. The topological polar surface area (TPSA) is 91.8 Å². The van der Waals surface area contributed by atoms with Crippen molar-refractivity contribution < 1.29 is 9.90 Å². The molecule has 2 N–H and O–H groups in total. The molecular formula is C14H18N4O2S2. The van der Waals surface area contributed by atoms with Crippen LogP contribution in [0.3, 0.4) is 0 Å². The molecule has 0 saturated carbocycles. The first-order chi connectivity index (χ1) is 10.3. The van der Waals surface area contributed by atoms with Gasteiger partial charge in [0.2, 0.25) is 0 Å². The third-order valence-electron chi connectivity index (χ3n) is 2.29. The van der Waals surface area contributed by atoms with Gasteiger partial charge < -0.3 is 10.1 Å². The lowest BCUT2D eigenvalue weighted by Gasteiger charge is -2.00. The Bertz CT molecular complexity index is 673. The van der Waals surface area contributed by atoms with E-state index in [9.17, 15) is 4.79 Å². The zero-order valence-corrected chi connectivity index (χ0v) is 14.5. The normalized spacial score (nSPS) is 9.82. The summed E-state index contributed by atoms with van der Waals surface area (Å²) in [6.45, 7) is 7.61. The first kappa shape index (κ1) is 18.2. The highest BCUT2D eigenvalue weighted by Gasteiger charge is 2.03. The van der Waals surface area contributed by atoms with Crippen LogP contribution in [0.2, 0.25) is 0 Å². The van der Waals surface area contributed by atoms with Crippen LogP contribution in [0.1, 0.15) is 22.8 Å². The Morgan fingerprint density at radius 1 is 1.14 bits per heavy atom.